The number of amides is 2. The van der Waals surface area contributed by atoms with E-state index in [1.165, 1.54) is 0 Å². The zero-order chi connectivity index (χ0) is 18.0. The van der Waals surface area contributed by atoms with E-state index in [-0.39, 0.29) is 6.03 Å². The van der Waals surface area contributed by atoms with Crippen molar-refractivity contribution in [3.05, 3.63) is 50.6 Å². The predicted molar refractivity (Wildman–Crippen MR) is 104 cm³/mol. The van der Waals surface area contributed by atoms with Gasteiger partial charge in [0.05, 0.1) is 0 Å². The first kappa shape index (κ1) is 22.1. The molecule has 0 radical (unpaired) electrons. The lowest BCUT2D eigenvalue weighted by molar-refractivity contribution is 0.238. The fourth-order valence-electron chi connectivity index (χ4n) is 2.32. The van der Waals surface area contributed by atoms with E-state index in [0.717, 1.165) is 52.1 Å². The first-order chi connectivity index (χ1) is 11.7. The van der Waals surface area contributed by atoms with Crippen LogP contribution in [0, 0.1) is 0 Å². The Balaban J connectivity index is 3.71. The van der Waals surface area contributed by atoms with Crippen LogP contribution in [0.3, 0.4) is 0 Å². The second-order valence-electron chi connectivity index (χ2n) is 5.56. The number of nitrogens with one attached hydrogen (secondary N) is 2. The van der Waals surface area contributed by atoms with Gasteiger partial charge in [-0.05, 0) is 12.8 Å². The largest absolute Gasteiger partial charge is 0.338 e. The Morgan fingerprint density at radius 1 is 0.708 bits per heavy atom. The maximum Gasteiger partial charge on any atom is 0.314 e. The van der Waals surface area contributed by atoms with E-state index < -0.39 is 0 Å². The first-order valence-electron chi connectivity index (χ1n) is 8.57. The molecule has 136 valence electrons. The highest BCUT2D eigenvalue weighted by Crippen LogP contribution is 1.93. The maximum absolute atomic E-state index is 11.7. The molecule has 24 heavy (non-hydrogen) atoms. The molecule has 0 aliphatic carbocycles. The molecule has 0 aromatic heterocycles. The van der Waals surface area contributed by atoms with E-state index in [1.54, 1.807) is 0 Å². The van der Waals surface area contributed by atoms with Gasteiger partial charge in [0, 0.05) is 52.4 Å². The molecule has 0 unspecified atom stereocenters. The van der Waals surface area contributed by atoms with Crippen LogP contribution in [-0.2, 0) is 0 Å². The van der Waals surface area contributed by atoms with E-state index in [1.807, 2.05) is 24.3 Å². The van der Waals surface area contributed by atoms with Crippen molar-refractivity contribution >= 4 is 6.03 Å². The lowest BCUT2D eigenvalue weighted by Crippen LogP contribution is -2.38. The highest BCUT2D eigenvalue weighted by molar-refractivity contribution is 5.73. The molecule has 0 aromatic carbocycles. The number of hydrogen-bond acceptors (Lipinski definition) is 3. The SMILES string of the molecule is C=CCN(CC=C)CCCNC(=O)NCCCN(CC=C)CC=C. The van der Waals surface area contributed by atoms with Crippen molar-refractivity contribution < 1.29 is 4.79 Å². The molecule has 0 heterocycles. The molecule has 0 aliphatic heterocycles. The molecular formula is C19H34N4O. The van der Waals surface area contributed by atoms with Crippen LogP contribution in [-0.4, -0.2) is 68.2 Å². The van der Waals surface area contributed by atoms with Crippen LogP contribution < -0.4 is 10.6 Å². The summed E-state index contributed by atoms with van der Waals surface area (Å²) in [5.74, 6) is 0. The van der Waals surface area contributed by atoms with Crippen molar-refractivity contribution in [2.45, 2.75) is 12.8 Å². The summed E-state index contributed by atoms with van der Waals surface area (Å²) in [6, 6.07) is -0.104. The van der Waals surface area contributed by atoms with Gasteiger partial charge in [0.25, 0.3) is 0 Å². The van der Waals surface area contributed by atoms with Gasteiger partial charge in [-0.1, -0.05) is 24.3 Å². The fourth-order valence-corrected chi connectivity index (χ4v) is 2.32. The predicted octanol–water partition coefficient (Wildman–Crippen LogP) is 2.41. The van der Waals surface area contributed by atoms with E-state index in [4.69, 9.17) is 0 Å². The Labute approximate surface area is 147 Å². The normalized spacial score (nSPS) is 10.4. The minimum absolute atomic E-state index is 0.104. The summed E-state index contributed by atoms with van der Waals surface area (Å²) in [5, 5.41) is 5.77. The van der Waals surface area contributed by atoms with Crippen LogP contribution in [0.4, 0.5) is 4.79 Å². The minimum Gasteiger partial charge on any atom is -0.338 e. The van der Waals surface area contributed by atoms with Gasteiger partial charge < -0.3 is 10.6 Å². The molecule has 0 saturated carbocycles. The zero-order valence-electron chi connectivity index (χ0n) is 15.0. The van der Waals surface area contributed by atoms with E-state index in [0.29, 0.717) is 13.1 Å². The summed E-state index contributed by atoms with van der Waals surface area (Å²) in [5.41, 5.74) is 0. The third kappa shape index (κ3) is 12.7. The fraction of sp³-hybridized carbons (Fsp3) is 0.526. The van der Waals surface area contributed by atoms with Crippen molar-refractivity contribution in [3.8, 4) is 0 Å². The molecule has 0 spiro atoms. The van der Waals surface area contributed by atoms with Crippen LogP contribution >= 0.6 is 0 Å². The summed E-state index contributed by atoms with van der Waals surface area (Å²) in [6.45, 7) is 21.5. The summed E-state index contributed by atoms with van der Waals surface area (Å²) in [4.78, 5) is 16.2. The lowest BCUT2D eigenvalue weighted by Gasteiger charge is -2.19. The Kier molecular flexibility index (Phi) is 14.8. The van der Waals surface area contributed by atoms with Crippen LogP contribution in [0.1, 0.15) is 12.8 Å². The Morgan fingerprint density at radius 2 is 1.04 bits per heavy atom. The molecule has 0 aromatic rings. The molecule has 2 amide bonds. The monoisotopic (exact) mass is 334 g/mol. The molecule has 5 heteroatoms. The Hall–Kier alpha value is -1.85. The minimum atomic E-state index is -0.104. The molecule has 0 rings (SSSR count). The molecule has 0 atom stereocenters. The third-order valence-electron chi connectivity index (χ3n) is 3.42. The quantitative estimate of drug-likeness (QED) is 0.337. The number of hydrogen-bond donors (Lipinski definition) is 2. The van der Waals surface area contributed by atoms with E-state index >= 15 is 0 Å². The van der Waals surface area contributed by atoms with Crippen molar-refractivity contribution in [1.82, 2.24) is 20.4 Å². The van der Waals surface area contributed by atoms with Gasteiger partial charge in [0.2, 0.25) is 0 Å². The summed E-state index contributed by atoms with van der Waals surface area (Å²) in [7, 11) is 0. The third-order valence-corrected chi connectivity index (χ3v) is 3.42. The van der Waals surface area contributed by atoms with Crippen molar-refractivity contribution in [1.29, 1.82) is 0 Å². The van der Waals surface area contributed by atoms with Gasteiger partial charge in [-0.3, -0.25) is 9.80 Å². The number of urea groups is 1. The first-order valence-corrected chi connectivity index (χ1v) is 8.57. The van der Waals surface area contributed by atoms with Crippen molar-refractivity contribution in [3.63, 3.8) is 0 Å². The smallest absolute Gasteiger partial charge is 0.314 e. The van der Waals surface area contributed by atoms with Gasteiger partial charge in [-0.2, -0.15) is 0 Å². The molecular weight excluding hydrogens is 300 g/mol. The maximum atomic E-state index is 11.7. The highest BCUT2D eigenvalue weighted by atomic mass is 16.2. The number of rotatable bonds is 16. The van der Waals surface area contributed by atoms with Gasteiger partial charge in [0.15, 0.2) is 0 Å². The molecule has 0 aliphatic rings. The summed E-state index contributed by atoms with van der Waals surface area (Å²) in [6.07, 6.45) is 9.33. The molecule has 0 fully saturated rings. The number of carbonyl (C=O) groups is 1. The van der Waals surface area contributed by atoms with Gasteiger partial charge in [0.1, 0.15) is 0 Å². The average Bonchev–Trinajstić information content (AvgIpc) is 2.56. The van der Waals surface area contributed by atoms with E-state index in [2.05, 4.69) is 46.7 Å². The number of nitrogens with zero attached hydrogens (tertiary/aromatic N) is 2. The lowest BCUT2D eigenvalue weighted by atomic mass is 10.3. The Morgan fingerprint density at radius 3 is 1.33 bits per heavy atom. The summed E-state index contributed by atoms with van der Waals surface area (Å²) < 4.78 is 0. The van der Waals surface area contributed by atoms with Gasteiger partial charge in [-0.15, -0.1) is 26.3 Å². The highest BCUT2D eigenvalue weighted by Gasteiger charge is 2.03. The van der Waals surface area contributed by atoms with Crippen LogP contribution in [0.15, 0.2) is 50.6 Å². The van der Waals surface area contributed by atoms with Crippen molar-refractivity contribution in [2.24, 2.45) is 0 Å². The van der Waals surface area contributed by atoms with Crippen LogP contribution in [0.5, 0.6) is 0 Å². The van der Waals surface area contributed by atoms with E-state index in [9.17, 15) is 4.79 Å². The molecule has 0 saturated heterocycles. The molecule has 5 nitrogen and oxygen atoms in total. The van der Waals surface area contributed by atoms with Crippen LogP contribution in [0.2, 0.25) is 0 Å². The second kappa shape index (κ2) is 16.0. The second-order valence-corrected chi connectivity index (χ2v) is 5.56. The zero-order valence-corrected chi connectivity index (χ0v) is 15.0. The molecule has 2 N–H and O–H groups in total. The average molecular weight is 335 g/mol. The number of carbonyl (C=O) groups excluding carboxylic acids is 1. The standard InChI is InChI=1S/C19H34N4O/c1-5-13-22(14-6-2)17-9-11-20-19(24)21-12-10-18-23(15-7-3)16-8-4/h5-8H,1-4,9-18H2,(H2,20,21,24). The Bertz CT molecular complexity index is 328. The van der Waals surface area contributed by atoms with Crippen LogP contribution in [0.25, 0.3) is 0 Å². The topological polar surface area (TPSA) is 47.6 Å². The van der Waals surface area contributed by atoms with Gasteiger partial charge in [-0.25, -0.2) is 4.79 Å². The van der Waals surface area contributed by atoms with Crippen molar-refractivity contribution in [2.75, 3.05) is 52.4 Å². The van der Waals surface area contributed by atoms with Gasteiger partial charge >= 0.3 is 6.03 Å². The molecule has 0 bridgehead atoms. The summed E-state index contributed by atoms with van der Waals surface area (Å²) >= 11 is 0.